The van der Waals surface area contributed by atoms with Crippen LogP contribution in [-0.2, 0) is 25.0 Å². The Morgan fingerprint density at radius 2 is 1.84 bits per heavy atom. The lowest BCUT2D eigenvalue weighted by atomic mass is 9.91. The minimum atomic E-state index is -4.50. The van der Waals surface area contributed by atoms with Crippen LogP contribution in [0.25, 0.3) is 0 Å². The molecule has 0 aromatic heterocycles. The monoisotopic (exact) mass is 459 g/mol. The summed E-state index contributed by atoms with van der Waals surface area (Å²) in [5, 5.41) is 0. The molecule has 1 aromatic carbocycles. The van der Waals surface area contributed by atoms with Crippen molar-refractivity contribution in [1.29, 1.82) is 0 Å². The van der Waals surface area contributed by atoms with Crippen molar-refractivity contribution >= 4 is 7.82 Å². The van der Waals surface area contributed by atoms with Gasteiger partial charge in [-0.2, -0.15) is 0 Å². The van der Waals surface area contributed by atoms with Crippen molar-refractivity contribution in [2.24, 2.45) is 0 Å². The third kappa shape index (κ3) is 7.43. The molecule has 0 bridgehead atoms. The Morgan fingerprint density at radius 1 is 1.06 bits per heavy atom. The molecule has 3 atom stereocenters. The second-order valence-corrected chi connectivity index (χ2v) is 9.25. The second-order valence-electron chi connectivity index (χ2n) is 8.01. The number of hydrogen-bond donors (Lipinski definition) is 2. The predicted octanol–water partition coefficient (Wildman–Crippen LogP) is 2.73. The van der Waals surface area contributed by atoms with Gasteiger partial charge in [0.25, 0.3) is 0 Å². The van der Waals surface area contributed by atoms with Gasteiger partial charge in [0.15, 0.2) is 18.3 Å². The maximum absolute atomic E-state index is 10.8. The molecule has 0 amide bonds. The first kappa shape index (κ1) is 24.5. The third-order valence-electron chi connectivity index (χ3n) is 6.01. The van der Waals surface area contributed by atoms with Crippen LogP contribution < -0.4 is 9.47 Å². The van der Waals surface area contributed by atoms with E-state index in [0.29, 0.717) is 12.6 Å². The van der Waals surface area contributed by atoms with E-state index >= 15 is 0 Å². The number of rotatable bonds is 11. The largest absolute Gasteiger partial charge is 0.493 e. The maximum atomic E-state index is 10.8. The minimum absolute atomic E-state index is 0.0825. The van der Waals surface area contributed by atoms with E-state index in [-0.39, 0.29) is 12.2 Å². The summed E-state index contributed by atoms with van der Waals surface area (Å²) in [4.78, 5) is 19.9. The summed E-state index contributed by atoms with van der Waals surface area (Å²) in [6.45, 7) is 1.87. The van der Waals surface area contributed by atoms with Gasteiger partial charge in [0.1, 0.15) is 0 Å². The highest BCUT2D eigenvalue weighted by atomic mass is 31.2. The molecule has 0 radical (unpaired) electrons. The summed E-state index contributed by atoms with van der Waals surface area (Å²) < 4.78 is 37.7. The molecule has 0 spiro atoms. The van der Waals surface area contributed by atoms with E-state index in [1.165, 1.54) is 12.8 Å². The summed E-state index contributed by atoms with van der Waals surface area (Å²) >= 11 is 0. The fraction of sp³-hybridized carbons (Fsp3) is 0.714. The van der Waals surface area contributed by atoms with Gasteiger partial charge in [-0.3, -0.25) is 9.42 Å². The van der Waals surface area contributed by atoms with Crippen LogP contribution in [0.1, 0.15) is 37.7 Å². The number of nitrogens with zero attached hydrogens (tertiary/aromatic N) is 1. The van der Waals surface area contributed by atoms with Crippen LogP contribution in [0, 0.1) is 0 Å². The number of benzene rings is 1. The lowest BCUT2D eigenvalue weighted by Gasteiger charge is -2.37. The van der Waals surface area contributed by atoms with Crippen LogP contribution in [0.2, 0.25) is 0 Å². The number of phosphoric acid groups is 1. The van der Waals surface area contributed by atoms with Crippen LogP contribution in [-0.4, -0.2) is 73.6 Å². The molecule has 1 saturated heterocycles. The molecule has 9 nitrogen and oxygen atoms in total. The van der Waals surface area contributed by atoms with E-state index in [1.807, 2.05) is 18.2 Å². The minimum Gasteiger partial charge on any atom is -0.493 e. The SMILES string of the molecule is COc1ccc(CCO[C@H]2CCCC[C@@H]2N2CC[C@H](OCOP(=O)(O)O)C2)cc1OC. The van der Waals surface area contributed by atoms with Gasteiger partial charge in [-0.1, -0.05) is 18.9 Å². The molecule has 0 unspecified atom stereocenters. The van der Waals surface area contributed by atoms with E-state index < -0.39 is 14.6 Å². The highest BCUT2D eigenvalue weighted by Gasteiger charge is 2.35. The number of methoxy groups -OCH3 is 2. The van der Waals surface area contributed by atoms with E-state index in [0.717, 1.165) is 55.8 Å². The summed E-state index contributed by atoms with van der Waals surface area (Å²) in [5.74, 6) is 1.44. The van der Waals surface area contributed by atoms with E-state index in [2.05, 4.69) is 9.42 Å². The Morgan fingerprint density at radius 3 is 2.58 bits per heavy atom. The van der Waals surface area contributed by atoms with Gasteiger partial charge < -0.3 is 28.7 Å². The standard InChI is InChI=1S/C21H34NO8P/c1-26-20-8-7-16(13-21(20)27-2)10-12-28-19-6-4-3-5-18(19)22-11-9-17(14-22)29-15-30-31(23,24)25/h7-8,13,17-19H,3-6,9-12,14-15H2,1-2H3,(H2,23,24,25)/t17-,18-,19-/m0/s1. The lowest BCUT2D eigenvalue weighted by molar-refractivity contribution is -0.0552. The molecule has 10 heteroatoms. The third-order valence-corrected chi connectivity index (χ3v) is 6.45. The number of ether oxygens (including phenoxy) is 4. The molecule has 1 aliphatic carbocycles. The number of hydrogen-bond acceptors (Lipinski definition) is 7. The molecular formula is C21H34NO8P. The number of phosphoric ester groups is 1. The van der Waals surface area contributed by atoms with Crippen molar-refractivity contribution in [3.63, 3.8) is 0 Å². The summed E-state index contributed by atoms with van der Waals surface area (Å²) in [5.41, 5.74) is 1.14. The highest BCUT2D eigenvalue weighted by molar-refractivity contribution is 7.46. The smallest absolute Gasteiger partial charge is 0.471 e. The normalized spacial score (nSPS) is 25.0. The van der Waals surface area contributed by atoms with E-state index in [4.69, 9.17) is 28.7 Å². The first-order valence-corrected chi connectivity index (χ1v) is 12.3. The first-order chi connectivity index (χ1) is 14.9. The highest BCUT2D eigenvalue weighted by Crippen LogP contribution is 2.36. The first-order valence-electron chi connectivity index (χ1n) is 10.8. The summed E-state index contributed by atoms with van der Waals surface area (Å²) in [6, 6.07) is 6.28. The zero-order valence-corrected chi connectivity index (χ0v) is 19.2. The van der Waals surface area contributed by atoms with Crippen molar-refractivity contribution in [3.8, 4) is 11.5 Å². The fourth-order valence-electron chi connectivity index (χ4n) is 4.44. The molecule has 1 saturated carbocycles. The Kier molecular flexibility index (Phi) is 9.16. The van der Waals surface area contributed by atoms with Crippen molar-refractivity contribution in [2.75, 3.05) is 40.7 Å². The molecule has 1 heterocycles. The topological polar surface area (TPSA) is 107 Å². The zero-order chi connectivity index (χ0) is 22.3. The summed E-state index contributed by atoms with van der Waals surface area (Å²) in [7, 11) is -1.23. The molecule has 176 valence electrons. The van der Waals surface area contributed by atoms with Crippen LogP contribution in [0.4, 0.5) is 0 Å². The lowest BCUT2D eigenvalue weighted by Crippen LogP contribution is -2.46. The Hall–Kier alpha value is -1.19. The van der Waals surface area contributed by atoms with Crippen molar-refractivity contribution < 1.29 is 37.8 Å². The molecule has 2 fully saturated rings. The van der Waals surface area contributed by atoms with Crippen molar-refractivity contribution in [1.82, 2.24) is 4.90 Å². The van der Waals surface area contributed by atoms with Crippen LogP contribution >= 0.6 is 7.82 Å². The molecule has 1 aromatic rings. The van der Waals surface area contributed by atoms with Crippen LogP contribution in [0.5, 0.6) is 11.5 Å². The fourth-order valence-corrected chi connectivity index (χ4v) is 4.64. The van der Waals surface area contributed by atoms with Crippen LogP contribution in [0.15, 0.2) is 18.2 Å². The van der Waals surface area contributed by atoms with Gasteiger partial charge in [0, 0.05) is 19.1 Å². The molecule has 2 N–H and O–H groups in total. The molecule has 3 rings (SSSR count). The Bertz CT molecular complexity index is 742. The van der Waals surface area contributed by atoms with Gasteiger partial charge in [0.05, 0.1) is 33.0 Å². The average molecular weight is 459 g/mol. The number of likely N-dealkylation sites (tertiary alicyclic amines) is 1. The van der Waals surface area contributed by atoms with Gasteiger partial charge >= 0.3 is 7.82 Å². The second kappa shape index (κ2) is 11.6. The molecule has 2 aliphatic rings. The summed E-state index contributed by atoms with van der Waals surface area (Å²) in [6.07, 6.45) is 6.20. The van der Waals surface area contributed by atoms with Gasteiger partial charge in [-0.15, -0.1) is 0 Å². The molecular weight excluding hydrogens is 425 g/mol. The van der Waals surface area contributed by atoms with Gasteiger partial charge in [-0.25, -0.2) is 4.57 Å². The maximum Gasteiger partial charge on any atom is 0.471 e. The van der Waals surface area contributed by atoms with E-state index in [9.17, 15) is 4.57 Å². The van der Waals surface area contributed by atoms with Crippen molar-refractivity contribution in [3.05, 3.63) is 23.8 Å². The van der Waals surface area contributed by atoms with Crippen molar-refractivity contribution in [2.45, 2.75) is 56.8 Å². The quantitative estimate of drug-likeness (QED) is 0.382. The van der Waals surface area contributed by atoms with Crippen LogP contribution in [0.3, 0.4) is 0 Å². The Labute approximate surface area is 183 Å². The van der Waals surface area contributed by atoms with Gasteiger partial charge in [0.2, 0.25) is 0 Å². The van der Waals surface area contributed by atoms with Gasteiger partial charge in [-0.05, 0) is 43.4 Å². The molecule has 31 heavy (non-hydrogen) atoms. The molecule has 1 aliphatic heterocycles. The average Bonchev–Trinajstić information content (AvgIpc) is 3.21. The zero-order valence-electron chi connectivity index (χ0n) is 18.3. The van der Waals surface area contributed by atoms with E-state index in [1.54, 1.807) is 14.2 Å². The predicted molar refractivity (Wildman–Crippen MR) is 114 cm³/mol. The Balaban J connectivity index is 1.47.